The van der Waals surface area contributed by atoms with E-state index in [2.05, 4.69) is 10.1 Å². The molecule has 1 heterocycles. The highest BCUT2D eigenvalue weighted by atomic mass is 32.2. The summed E-state index contributed by atoms with van der Waals surface area (Å²) in [6.07, 6.45) is -5.15. The van der Waals surface area contributed by atoms with Crippen LogP contribution in [-0.4, -0.2) is 39.7 Å². The Kier molecular flexibility index (Phi) is 5.87. The molecule has 1 aliphatic heterocycles. The van der Waals surface area contributed by atoms with Gasteiger partial charge in [0.1, 0.15) is 19.0 Å². The molecule has 29 heavy (non-hydrogen) atoms. The first-order valence-corrected chi connectivity index (χ1v) is 10.1. The summed E-state index contributed by atoms with van der Waals surface area (Å²) in [5.41, 5.74) is 0.209. The van der Waals surface area contributed by atoms with E-state index < -0.39 is 33.6 Å². The summed E-state index contributed by atoms with van der Waals surface area (Å²) in [6.45, 7) is 0.689. The third-order valence-electron chi connectivity index (χ3n) is 3.84. The van der Waals surface area contributed by atoms with Crippen LogP contribution in [0.1, 0.15) is 6.42 Å². The number of nitrogens with one attached hydrogen (secondary N) is 1. The number of anilines is 1. The molecule has 0 unspecified atom stereocenters. The van der Waals surface area contributed by atoms with Gasteiger partial charge in [0.15, 0.2) is 21.3 Å². The topological polar surface area (TPSA) is 90.9 Å². The van der Waals surface area contributed by atoms with Crippen molar-refractivity contribution >= 4 is 21.4 Å². The third kappa shape index (κ3) is 5.76. The van der Waals surface area contributed by atoms with E-state index in [4.69, 9.17) is 9.47 Å². The van der Waals surface area contributed by atoms with Crippen LogP contribution in [0.4, 0.5) is 18.9 Å². The minimum atomic E-state index is -4.81. The fourth-order valence-corrected chi connectivity index (χ4v) is 3.78. The quantitative estimate of drug-likeness (QED) is 0.756. The number of hydrogen-bond acceptors (Lipinski definition) is 6. The van der Waals surface area contributed by atoms with E-state index in [9.17, 15) is 26.4 Å². The Morgan fingerprint density at radius 3 is 2.34 bits per heavy atom. The van der Waals surface area contributed by atoms with Gasteiger partial charge in [-0.2, -0.15) is 0 Å². The molecule has 7 nitrogen and oxygen atoms in total. The van der Waals surface area contributed by atoms with Crippen molar-refractivity contribution in [3.63, 3.8) is 0 Å². The lowest BCUT2D eigenvalue weighted by atomic mass is 10.3. The highest BCUT2D eigenvalue weighted by Gasteiger charge is 2.31. The summed E-state index contributed by atoms with van der Waals surface area (Å²) in [6, 6.07) is 8.72. The molecule has 0 saturated carbocycles. The van der Waals surface area contributed by atoms with Crippen LogP contribution in [-0.2, 0) is 14.6 Å². The average molecular weight is 431 g/mol. The van der Waals surface area contributed by atoms with Gasteiger partial charge in [-0.3, -0.25) is 4.79 Å². The van der Waals surface area contributed by atoms with Gasteiger partial charge in [0.05, 0.1) is 10.6 Å². The van der Waals surface area contributed by atoms with Gasteiger partial charge in [-0.1, -0.05) is 0 Å². The summed E-state index contributed by atoms with van der Waals surface area (Å²) in [5, 5.41) is 2.42. The maximum Gasteiger partial charge on any atom is 0.573 e. The Balaban J connectivity index is 1.57. The molecule has 0 radical (unpaired) electrons. The Labute approximate surface area is 164 Å². The first-order chi connectivity index (χ1) is 13.6. The minimum absolute atomic E-state index is 0.00297. The fourth-order valence-electron chi connectivity index (χ4n) is 2.53. The molecule has 156 valence electrons. The van der Waals surface area contributed by atoms with Crippen LogP contribution in [0, 0.1) is 0 Å². The molecule has 11 heteroatoms. The summed E-state index contributed by atoms with van der Waals surface area (Å²) in [4.78, 5) is 12.0. The molecule has 1 N–H and O–H groups in total. The molecule has 0 spiro atoms. The van der Waals surface area contributed by atoms with Gasteiger partial charge in [0, 0.05) is 18.2 Å². The normalized spacial score (nSPS) is 13.6. The van der Waals surface area contributed by atoms with Gasteiger partial charge in [-0.15, -0.1) is 13.2 Å². The maximum atomic E-state index is 12.5. The molecule has 0 bridgehead atoms. The molecule has 1 aliphatic rings. The van der Waals surface area contributed by atoms with E-state index in [0.717, 1.165) is 12.1 Å². The van der Waals surface area contributed by atoms with E-state index in [-0.39, 0.29) is 17.0 Å². The van der Waals surface area contributed by atoms with Gasteiger partial charge < -0.3 is 19.5 Å². The summed E-state index contributed by atoms with van der Waals surface area (Å²) >= 11 is 0. The first-order valence-electron chi connectivity index (χ1n) is 8.40. The predicted octanol–water partition coefficient (Wildman–Crippen LogP) is 3.16. The Morgan fingerprint density at radius 2 is 1.69 bits per heavy atom. The SMILES string of the molecule is O=C(CCS(=O)(=O)c1ccc2c(c1)OCCO2)Nc1ccc(OC(F)(F)F)cc1. The monoisotopic (exact) mass is 431 g/mol. The number of alkyl halides is 3. The molecule has 0 atom stereocenters. The zero-order valence-corrected chi connectivity index (χ0v) is 15.7. The highest BCUT2D eigenvalue weighted by Crippen LogP contribution is 2.32. The van der Waals surface area contributed by atoms with Crippen molar-refractivity contribution in [2.45, 2.75) is 17.7 Å². The van der Waals surface area contributed by atoms with Gasteiger partial charge in [0.25, 0.3) is 0 Å². The first kappa shape index (κ1) is 20.8. The fraction of sp³-hybridized carbons (Fsp3) is 0.278. The van der Waals surface area contributed by atoms with Gasteiger partial charge in [-0.05, 0) is 36.4 Å². The van der Waals surface area contributed by atoms with Gasteiger partial charge in [-0.25, -0.2) is 8.42 Å². The van der Waals surface area contributed by atoms with Crippen LogP contribution in [0.25, 0.3) is 0 Å². The second-order valence-corrected chi connectivity index (χ2v) is 8.10. The van der Waals surface area contributed by atoms with Gasteiger partial charge in [0.2, 0.25) is 5.91 Å². The second-order valence-electron chi connectivity index (χ2n) is 5.99. The summed E-state index contributed by atoms with van der Waals surface area (Å²) in [5.74, 6) is -0.713. The lowest BCUT2D eigenvalue weighted by molar-refractivity contribution is -0.274. The zero-order valence-electron chi connectivity index (χ0n) is 14.9. The lowest BCUT2D eigenvalue weighted by Crippen LogP contribution is -2.19. The van der Waals surface area contributed by atoms with E-state index in [1.807, 2.05) is 0 Å². The molecule has 2 aromatic carbocycles. The maximum absolute atomic E-state index is 12.5. The Morgan fingerprint density at radius 1 is 1.03 bits per heavy atom. The molecular formula is C18H16F3NO6S. The van der Waals surface area contributed by atoms with Crippen molar-refractivity contribution in [2.75, 3.05) is 24.3 Å². The van der Waals surface area contributed by atoms with Crippen molar-refractivity contribution in [2.24, 2.45) is 0 Å². The van der Waals surface area contributed by atoms with Crippen molar-refractivity contribution in [3.05, 3.63) is 42.5 Å². The molecule has 1 amide bonds. The minimum Gasteiger partial charge on any atom is -0.486 e. The molecule has 0 aromatic heterocycles. The number of ether oxygens (including phenoxy) is 3. The largest absolute Gasteiger partial charge is 0.573 e. The molecule has 0 saturated heterocycles. The summed E-state index contributed by atoms with van der Waals surface area (Å²) in [7, 11) is -3.75. The number of carbonyl (C=O) groups excluding carboxylic acids is 1. The number of halogens is 3. The molecule has 3 rings (SSSR count). The van der Waals surface area contributed by atoms with E-state index in [0.29, 0.717) is 24.7 Å². The van der Waals surface area contributed by atoms with Crippen molar-refractivity contribution in [3.8, 4) is 17.2 Å². The van der Waals surface area contributed by atoms with Crippen molar-refractivity contribution in [1.29, 1.82) is 0 Å². The molecule has 0 aliphatic carbocycles. The second kappa shape index (κ2) is 8.19. The van der Waals surface area contributed by atoms with Crippen molar-refractivity contribution in [1.82, 2.24) is 0 Å². The highest BCUT2D eigenvalue weighted by molar-refractivity contribution is 7.91. The standard InChI is InChI=1S/C18H16F3NO6S/c19-18(20,21)28-13-3-1-12(2-4-13)22-17(23)7-10-29(24,25)14-5-6-15-16(11-14)27-9-8-26-15/h1-6,11H,7-10H2,(H,22,23). The lowest BCUT2D eigenvalue weighted by Gasteiger charge is -2.18. The smallest absolute Gasteiger partial charge is 0.486 e. The number of rotatable bonds is 6. The van der Waals surface area contributed by atoms with Gasteiger partial charge >= 0.3 is 6.36 Å². The van der Waals surface area contributed by atoms with E-state index >= 15 is 0 Å². The van der Waals surface area contributed by atoms with Crippen LogP contribution in [0.5, 0.6) is 17.2 Å². The number of hydrogen-bond donors (Lipinski definition) is 1. The number of sulfone groups is 1. The number of benzene rings is 2. The number of fused-ring (bicyclic) bond motifs is 1. The third-order valence-corrected chi connectivity index (χ3v) is 5.56. The summed E-state index contributed by atoms with van der Waals surface area (Å²) < 4.78 is 75.7. The Hall–Kier alpha value is -2.95. The number of carbonyl (C=O) groups is 1. The van der Waals surface area contributed by atoms with Crippen LogP contribution in [0.2, 0.25) is 0 Å². The zero-order chi connectivity index (χ0) is 21.1. The molecular weight excluding hydrogens is 415 g/mol. The van der Waals surface area contributed by atoms with E-state index in [1.165, 1.54) is 30.3 Å². The molecule has 2 aromatic rings. The Bertz CT molecular complexity index is 990. The van der Waals surface area contributed by atoms with Crippen LogP contribution < -0.4 is 19.5 Å². The van der Waals surface area contributed by atoms with E-state index in [1.54, 1.807) is 0 Å². The molecule has 0 fully saturated rings. The predicted molar refractivity (Wildman–Crippen MR) is 95.9 cm³/mol. The van der Waals surface area contributed by atoms with Crippen LogP contribution in [0.3, 0.4) is 0 Å². The average Bonchev–Trinajstić information content (AvgIpc) is 2.66. The van der Waals surface area contributed by atoms with Crippen LogP contribution >= 0.6 is 0 Å². The number of amides is 1. The van der Waals surface area contributed by atoms with Crippen molar-refractivity contribution < 1.29 is 40.6 Å². The van der Waals surface area contributed by atoms with Crippen LogP contribution in [0.15, 0.2) is 47.4 Å².